The topological polar surface area (TPSA) is 93.8 Å². The van der Waals surface area contributed by atoms with Crippen molar-refractivity contribution in [3.63, 3.8) is 0 Å². The van der Waals surface area contributed by atoms with Gasteiger partial charge in [0.15, 0.2) is 11.3 Å². The second-order valence-corrected chi connectivity index (χ2v) is 5.95. The van der Waals surface area contributed by atoms with Crippen LogP contribution in [0.5, 0.6) is 0 Å². The third-order valence-corrected chi connectivity index (χ3v) is 4.25. The second kappa shape index (κ2) is 6.95. The van der Waals surface area contributed by atoms with Crippen LogP contribution in [0.3, 0.4) is 0 Å². The lowest BCUT2D eigenvalue weighted by Gasteiger charge is -2.11. The number of benzene rings is 1. The molecule has 0 aliphatic rings. The van der Waals surface area contributed by atoms with E-state index in [1.165, 1.54) is 23.9 Å². The van der Waals surface area contributed by atoms with Crippen LogP contribution in [0.25, 0.3) is 16.8 Å². The smallest absolute Gasteiger partial charge is 0.416 e. The van der Waals surface area contributed by atoms with Crippen LogP contribution >= 0.6 is 0 Å². The largest absolute Gasteiger partial charge is 0.476 e. The Bertz CT molecular complexity index is 1060. The molecule has 0 bridgehead atoms. The molecule has 1 unspecified atom stereocenters. The Hall–Kier alpha value is -3.43. The van der Waals surface area contributed by atoms with Crippen molar-refractivity contribution in [2.24, 2.45) is 0 Å². The molecule has 0 fully saturated rings. The number of carbonyl (C=O) groups is 2. The number of carboxylic acids is 1. The molecular weight excluding hydrogens is 379 g/mol. The number of nitrogens with zero attached hydrogens (tertiary/aromatic N) is 3. The van der Waals surface area contributed by atoms with Gasteiger partial charge in [-0.15, -0.1) is 0 Å². The lowest BCUT2D eigenvalue weighted by molar-refractivity contribution is -0.142. The lowest BCUT2D eigenvalue weighted by atomic mass is 10.0. The molecule has 0 radical (unpaired) electrons. The van der Waals surface area contributed by atoms with Crippen LogP contribution in [0.4, 0.5) is 13.2 Å². The predicted molar refractivity (Wildman–Crippen MR) is 90.8 cm³/mol. The molecule has 1 atom stereocenters. The van der Waals surface area contributed by atoms with E-state index >= 15 is 0 Å². The monoisotopic (exact) mass is 393 g/mol. The highest BCUT2D eigenvalue weighted by Crippen LogP contribution is 2.34. The summed E-state index contributed by atoms with van der Waals surface area (Å²) >= 11 is 0. The van der Waals surface area contributed by atoms with E-state index in [0.29, 0.717) is 5.69 Å². The molecule has 1 aromatic carbocycles. The molecule has 0 saturated heterocycles. The summed E-state index contributed by atoms with van der Waals surface area (Å²) < 4.78 is 44.3. The average molecular weight is 393 g/mol. The van der Waals surface area contributed by atoms with Gasteiger partial charge in [0.25, 0.3) is 0 Å². The molecule has 1 N–H and O–H groups in total. The van der Waals surface area contributed by atoms with Crippen molar-refractivity contribution in [3.8, 4) is 11.1 Å². The first-order valence-electron chi connectivity index (χ1n) is 8.01. The van der Waals surface area contributed by atoms with Crippen molar-refractivity contribution in [1.29, 1.82) is 0 Å². The molecule has 2 heterocycles. The molecule has 146 valence electrons. The second-order valence-electron chi connectivity index (χ2n) is 5.95. The number of hydrogen-bond acceptors (Lipinski definition) is 5. The number of alkyl halides is 3. The van der Waals surface area contributed by atoms with Crippen LogP contribution in [0.15, 0.2) is 36.5 Å². The van der Waals surface area contributed by atoms with Gasteiger partial charge in [-0.3, -0.25) is 4.79 Å². The van der Waals surface area contributed by atoms with Gasteiger partial charge >= 0.3 is 18.1 Å². The minimum Gasteiger partial charge on any atom is -0.476 e. The van der Waals surface area contributed by atoms with E-state index in [-0.39, 0.29) is 16.8 Å². The predicted octanol–water partition coefficient (Wildman–Crippen LogP) is 3.39. The molecule has 10 heteroatoms. The summed E-state index contributed by atoms with van der Waals surface area (Å²) in [5, 5.41) is 13.5. The number of ether oxygens (including phenoxy) is 1. The summed E-state index contributed by atoms with van der Waals surface area (Å²) in [5.41, 5.74) is -0.562. The Kier molecular flexibility index (Phi) is 4.80. The van der Waals surface area contributed by atoms with Crippen molar-refractivity contribution in [3.05, 3.63) is 53.5 Å². The van der Waals surface area contributed by atoms with Gasteiger partial charge in [-0.1, -0.05) is 12.1 Å². The van der Waals surface area contributed by atoms with Crippen molar-refractivity contribution >= 4 is 17.6 Å². The van der Waals surface area contributed by atoms with E-state index in [0.717, 1.165) is 24.3 Å². The molecule has 28 heavy (non-hydrogen) atoms. The Labute approximate surface area is 156 Å². The quantitative estimate of drug-likeness (QED) is 0.683. The molecule has 0 amide bonds. The van der Waals surface area contributed by atoms with Gasteiger partial charge < -0.3 is 9.84 Å². The summed E-state index contributed by atoms with van der Waals surface area (Å²) in [5.74, 6) is -2.70. The molecule has 2 aromatic heterocycles. The number of carbonyl (C=O) groups excluding carboxylic acids is 1. The van der Waals surface area contributed by atoms with E-state index < -0.39 is 35.3 Å². The van der Waals surface area contributed by atoms with Crippen LogP contribution < -0.4 is 0 Å². The SMILES string of the molecule is COC(=O)C(C)c1ccnc2c(-c3ccc(C(F)(F)F)cc3)c(C(=O)O)nn12. The molecule has 0 spiro atoms. The number of rotatable bonds is 4. The zero-order valence-electron chi connectivity index (χ0n) is 14.7. The fourth-order valence-corrected chi connectivity index (χ4v) is 2.83. The van der Waals surface area contributed by atoms with Crippen LogP contribution in [-0.4, -0.2) is 38.8 Å². The van der Waals surface area contributed by atoms with Gasteiger partial charge in [0, 0.05) is 6.20 Å². The number of carboxylic acid groups (broad SMARTS) is 1. The number of aromatic nitrogens is 3. The number of hydrogen-bond donors (Lipinski definition) is 1. The van der Waals surface area contributed by atoms with Gasteiger partial charge in [-0.05, 0) is 30.7 Å². The van der Waals surface area contributed by atoms with Gasteiger partial charge in [0.05, 0.1) is 29.8 Å². The summed E-state index contributed by atoms with van der Waals surface area (Å²) in [6.07, 6.45) is -3.15. The van der Waals surface area contributed by atoms with Gasteiger partial charge in [-0.25, -0.2) is 14.3 Å². The van der Waals surface area contributed by atoms with Crippen molar-refractivity contribution < 1.29 is 32.6 Å². The van der Waals surface area contributed by atoms with Crippen molar-refractivity contribution in [2.45, 2.75) is 19.0 Å². The highest BCUT2D eigenvalue weighted by molar-refractivity contribution is 5.99. The van der Waals surface area contributed by atoms with E-state index in [1.54, 1.807) is 6.92 Å². The highest BCUT2D eigenvalue weighted by atomic mass is 19.4. The Morgan fingerprint density at radius 2 is 1.82 bits per heavy atom. The fraction of sp³-hybridized carbons (Fsp3) is 0.222. The first-order chi connectivity index (χ1) is 13.1. The summed E-state index contributed by atoms with van der Waals surface area (Å²) in [6, 6.07) is 5.51. The van der Waals surface area contributed by atoms with Crippen LogP contribution in [0.2, 0.25) is 0 Å². The molecular formula is C18H14F3N3O4. The van der Waals surface area contributed by atoms with E-state index in [9.17, 15) is 27.9 Å². The lowest BCUT2D eigenvalue weighted by Crippen LogP contribution is -2.15. The first kappa shape index (κ1) is 19.3. The summed E-state index contributed by atoms with van der Waals surface area (Å²) in [6.45, 7) is 1.56. The van der Waals surface area contributed by atoms with Crippen LogP contribution in [0, 0.1) is 0 Å². The third-order valence-electron chi connectivity index (χ3n) is 4.25. The van der Waals surface area contributed by atoms with Crippen LogP contribution in [0.1, 0.15) is 34.6 Å². The van der Waals surface area contributed by atoms with E-state index in [1.807, 2.05) is 0 Å². The normalized spacial score (nSPS) is 12.8. The molecule has 7 nitrogen and oxygen atoms in total. The maximum atomic E-state index is 12.8. The van der Waals surface area contributed by atoms with Gasteiger partial charge in [0.1, 0.15) is 0 Å². The molecule has 0 saturated carbocycles. The standard InChI is InChI=1S/C18H14F3N3O4/c1-9(17(27)28-2)12-7-8-22-15-13(14(16(25)26)23-24(12)15)10-3-5-11(6-4-10)18(19,20)21/h3-9H,1-2H3,(H,25,26). The number of aromatic carboxylic acids is 1. The Morgan fingerprint density at radius 1 is 1.18 bits per heavy atom. The summed E-state index contributed by atoms with van der Waals surface area (Å²) in [7, 11) is 1.22. The number of fused-ring (bicyclic) bond motifs is 1. The Morgan fingerprint density at radius 3 is 2.36 bits per heavy atom. The summed E-state index contributed by atoms with van der Waals surface area (Å²) in [4.78, 5) is 27.7. The third kappa shape index (κ3) is 3.28. The number of halogens is 3. The average Bonchev–Trinajstić information content (AvgIpc) is 3.06. The van der Waals surface area contributed by atoms with Crippen LogP contribution in [-0.2, 0) is 15.7 Å². The zero-order chi connectivity index (χ0) is 20.6. The fourth-order valence-electron chi connectivity index (χ4n) is 2.83. The minimum absolute atomic E-state index is 0.0557. The molecule has 3 aromatic rings. The highest BCUT2D eigenvalue weighted by Gasteiger charge is 2.31. The molecule has 0 aliphatic heterocycles. The maximum Gasteiger partial charge on any atom is 0.416 e. The number of methoxy groups -OCH3 is 1. The van der Waals surface area contributed by atoms with Crippen molar-refractivity contribution in [1.82, 2.24) is 14.6 Å². The zero-order valence-corrected chi connectivity index (χ0v) is 14.7. The molecule has 3 rings (SSSR count). The van der Waals surface area contributed by atoms with Gasteiger partial charge in [-0.2, -0.15) is 18.3 Å². The minimum atomic E-state index is -4.52. The van der Waals surface area contributed by atoms with E-state index in [2.05, 4.69) is 10.1 Å². The van der Waals surface area contributed by atoms with E-state index in [4.69, 9.17) is 4.74 Å². The van der Waals surface area contributed by atoms with Crippen molar-refractivity contribution in [2.75, 3.05) is 7.11 Å². The Balaban J connectivity index is 2.23. The number of esters is 1. The molecule has 0 aliphatic carbocycles. The maximum absolute atomic E-state index is 12.8. The van der Waals surface area contributed by atoms with Gasteiger partial charge in [0.2, 0.25) is 0 Å². The first-order valence-corrected chi connectivity index (χ1v) is 8.01.